The highest BCUT2D eigenvalue weighted by Gasteiger charge is 2.21. The Hall–Kier alpha value is -3.60. The molecule has 3 N–H and O–H groups in total. The zero-order valence-electron chi connectivity index (χ0n) is 36.5. The van der Waals surface area contributed by atoms with Gasteiger partial charge in [0.25, 0.3) is 0 Å². The van der Waals surface area contributed by atoms with E-state index in [1.165, 1.54) is 39.3 Å². The Morgan fingerprint density at radius 1 is 0.450 bits per heavy atom. The third kappa shape index (κ3) is 41.1. The van der Waals surface area contributed by atoms with Crippen LogP contribution in [-0.2, 0) is 66.5 Å². The molecule has 3 fully saturated rings. The van der Waals surface area contributed by atoms with Crippen molar-refractivity contribution in [1.29, 1.82) is 0 Å². The highest BCUT2D eigenvalue weighted by molar-refractivity contribution is 5.88. The highest BCUT2D eigenvalue weighted by atomic mass is 16.6. The summed E-state index contributed by atoms with van der Waals surface area (Å²) in [6.45, 7) is 33.6. The molecule has 19 heteroatoms. The standard InChI is InChI=1S/C16H26O7.C10H18O5.C6H12N2.C5H8O2.C4H10O3/c1-5-22-15(17)13(3)11-20-9-7-19-8-10-21-12-14(4)16(18)23-6-2;1-3-15-10(12)9(2)8-14-7-6-13-5-4-11;1-2-8-5-3-7(1)4-6-8;1-3-5(6)7-4-2;5-1-3-7-4-2-6/h3-12H2,1-2H3;11H,2-8H2,1H3;1-6H2;3H,1,4H2,2H3;5-6H,1-4H2. The molecule has 19 nitrogen and oxygen atoms in total. The number of piperazine rings is 3. The molecule has 0 amide bonds. The summed E-state index contributed by atoms with van der Waals surface area (Å²) in [5.74, 6) is -1.71. The van der Waals surface area contributed by atoms with Crippen LogP contribution in [0.5, 0.6) is 0 Å². The average molecular weight is 867 g/mol. The summed E-state index contributed by atoms with van der Waals surface area (Å²) < 4.78 is 49.1. The Kier molecular flexibility index (Phi) is 47.0. The van der Waals surface area contributed by atoms with Crippen molar-refractivity contribution >= 4 is 23.9 Å². The van der Waals surface area contributed by atoms with Gasteiger partial charge in [0.2, 0.25) is 0 Å². The molecule has 3 aliphatic heterocycles. The van der Waals surface area contributed by atoms with Gasteiger partial charge in [-0.3, -0.25) is 9.80 Å². The van der Waals surface area contributed by atoms with Crippen LogP contribution in [0.25, 0.3) is 0 Å². The molecular formula is C41H74N2O17. The first-order valence-electron chi connectivity index (χ1n) is 20.0. The Balaban J connectivity index is -0.000000744. The highest BCUT2D eigenvalue weighted by Crippen LogP contribution is 2.07. The largest absolute Gasteiger partial charge is 0.463 e. The fourth-order valence-corrected chi connectivity index (χ4v) is 4.04. The first-order chi connectivity index (χ1) is 28.9. The van der Waals surface area contributed by atoms with Crippen LogP contribution < -0.4 is 0 Å². The zero-order chi connectivity index (χ0) is 45.7. The molecule has 0 radical (unpaired) electrons. The number of ether oxygens (including phenoxy) is 10. The van der Waals surface area contributed by atoms with Gasteiger partial charge in [-0.1, -0.05) is 26.3 Å². The Labute approximate surface area is 356 Å². The summed E-state index contributed by atoms with van der Waals surface area (Å²) in [7, 11) is 0. The number of hydrogen-bond acceptors (Lipinski definition) is 19. The van der Waals surface area contributed by atoms with E-state index in [9.17, 15) is 19.2 Å². The van der Waals surface area contributed by atoms with Gasteiger partial charge in [0.05, 0.1) is 142 Å². The molecule has 3 saturated heterocycles. The quantitative estimate of drug-likeness (QED) is 0.0408. The lowest BCUT2D eigenvalue weighted by Gasteiger charge is -2.41. The van der Waals surface area contributed by atoms with Gasteiger partial charge in [0.15, 0.2) is 0 Å². The molecule has 3 heterocycles. The summed E-state index contributed by atoms with van der Waals surface area (Å²) in [5, 5.41) is 24.6. The van der Waals surface area contributed by atoms with Gasteiger partial charge in [-0.05, 0) is 27.7 Å². The first-order valence-corrected chi connectivity index (χ1v) is 20.0. The topological polar surface area (TPSA) is 228 Å². The fourth-order valence-electron chi connectivity index (χ4n) is 4.04. The van der Waals surface area contributed by atoms with Crippen molar-refractivity contribution in [3.8, 4) is 0 Å². The van der Waals surface area contributed by atoms with E-state index in [1.807, 2.05) is 0 Å². The maximum atomic E-state index is 11.2. The van der Waals surface area contributed by atoms with E-state index in [4.69, 9.17) is 53.2 Å². The number of aliphatic hydroxyl groups is 3. The van der Waals surface area contributed by atoms with Crippen LogP contribution in [0.3, 0.4) is 0 Å². The molecule has 0 aliphatic carbocycles. The van der Waals surface area contributed by atoms with Gasteiger partial charge in [-0.15, -0.1) is 0 Å². The number of fused-ring (bicyclic) bond motifs is 3. The third-order valence-electron chi connectivity index (χ3n) is 6.99. The maximum absolute atomic E-state index is 11.2. The SMILES string of the molecule is C1CN2CCN1CC2.C=C(COCCOCCO)C(=O)OCC.C=C(COCCOCCOCC(=C)C(=O)OCC)C(=O)OCC.C=CC(=O)OCC.OCCOCCO. The minimum Gasteiger partial charge on any atom is -0.463 e. The van der Waals surface area contributed by atoms with Crippen LogP contribution in [0.1, 0.15) is 27.7 Å². The molecule has 3 aliphatic rings. The Bertz CT molecular complexity index is 1070. The second-order valence-electron chi connectivity index (χ2n) is 11.8. The van der Waals surface area contributed by atoms with Gasteiger partial charge in [0, 0.05) is 45.3 Å². The fraction of sp³-hybridized carbons (Fsp3) is 0.707. The number of aliphatic hydroxyl groups excluding tert-OH is 3. The monoisotopic (exact) mass is 866 g/mol. The van der Waals surface area contributed by atoms with Gasteiger partial charge in [-0.25, -0.2) is 19.2 Å². The van der Waals surface area contributed by atoms with Crippen LogP contribution in [0.4, 0.5) is 0 Å². The number of nitrogens with zero attached hydrogens (tertiary/aromatic N) is 2. The van der Waals surface area contributed by atoms with Crippen LogP contribution in [0.2, 0.25) is 0 Å². The van der Waals surface area contributed by atoms with Crippen molar-refractivity contribution in [1.82, 2.24) is 9.80 Å². The van der Waals surface area contributed by atoms with E-state index in [0.29, 0.717) is 91.5 Å². The minimum absolute atomic E-state index is 0.00443. The molecule has 2 bridgehead atoms. The summed E-state index contributed by atoms with van der Waals surface area (Å²) in [5.41, 5.74) is 0.833. The van der Waals surface area contributed by atoms with Crippen molar-refractivity contribution in [3.05, 3.63) is 49.1 Å². The van der Waals surface area contributed by atoms with Crippen LogP contribution in [0.15, 0.2) is 49.1 Å². The van der Waals surface area contributed by atoms with Crippen molar-refractivity contribution in [3.63, 3.8) is 0 Å². The summed E-state index contributed by atoms with van der Waals surface area (Å²) in [4.78, 5) is 48.7. The smallest absolute Gasteiger partial charge is 0.335 e. The van der Waals surface area contributed by atoms with Gasteiger partial charge >= 0.3 is 23.9 Å². The molecule has 0 aromatic carbocycles. The minimum atomic E-state index is -0.455. The number of carbonyl (C=O) groups excluding carboxylic acids is 4. The van der Waals surface area contributed by atoms with Gasteiger partial charge < -0.3 is 62.7 Å². The zero-order valence-corrected chi connectivity index (χ0v) is 36.5. The van der Waals surface area contributed by atoms with E-state index in [1.54, 1.807) is 27.7 Å². The molecule has 0 unspecified atom stereocenters. The van der Waals surface area contributed by atoms with Crippen LogP contribution in [-0.4, -0.2) is 214 Å². The lowest BCUT2D eigenvalue weighted by Crippen LogP contribution is -2.55. The molecular weight excluding hydrogens is 792 g/mol. The predicted molar refractivity (Wildman–Crippen MR) is 223 cm³/mol. The van der Waals surface area contributed by atoms with Crippen LogP contribution >= 0.6 is 0 Å². The third-order valence-corrected chi connectivity index (χ3v) is 6.99. The first kappa shape index (κ1) is 60.7. The van der Waals surface area contributed by atoms with Crippen molar-refractivity contribution in [2.24, 2.45) is 0 Å². The normalized spacial score (nSPS) is 14.4. The van der Waals surface area contributed by atoms with Crippen molar-refractivity contribution < 1.29 is 81.9 Å². The summed E-state index contributed by atoms with van der Waals surface area (Å²) in [6, 6.07) is 0. The molecule has 60 heavy (non-hydrogen) atoms. The van der Waals surface area contributed by atoms with E-state index < -0.39 is 17.9 Å². The molecule has 0 aromatic rings. The number of esters is 4. The van der Waals surface area contributed by atoms with E-state index in [0.717, 1.165) is 6.08 Å². The average Bonchev–Trinajstić information content (AvgIpc) is 3.26. The van der Waals surface area contributed by atoms with E-state index in [2.05, 4.69) is 45.6 Å². The van der Waals surface area contributed by atoms with Crippen molar-refractivity contribution in [2.45, 2.75) is 27.7 Å². The van der Waals surface area contributed by atoms with Crippen LogP contribution in [0, 0.1) is 0 Å². The predicted octanol–water partition coefficient (Wildman–Crippen LogP) is 0.747. The molecule has 0 aromatic heterocycles. The molecule has 3 rings (SSSR count). The number of carbonyl (C=O) groups is 4. The van der Waals surface area contributed by atoms with E-state index in [-0.39, 0.29) is 56.8 Å². The summed E-state index contributed by atoms with van der Waals surface area (Å²) >= 11 is 0. The van der Waals surface area contributed by atoms with Gasteiger partial charge in [0.1, 0.15) is 0 Å². The lowest BCUT2D eigenvalue weighted by atomic mass is 10.2. The van der Waals surface area contributed by atoms with E-state index >= 15 is 0 Å². The lowest BCUT2D eigenvalue weighted by molar-refractivity contribution is -0.140. The molecule has 0 saturated carbocycles. The number of hydrogen-bond donors (Lipinski definition) is 3. The second kappa shape index (κ2) is 46.5. The van der Waals surface area contributed by atoms with Gasteiger partial charge in [-0.2, -0.15) is 0 Å². The molecule has 350 valence electrons. The molecule has 0 spiro atoms. The second-order valence-corrected chi connectivity index (χ2v) is 11.8. The maximum Gasteiger partial charge on any atom is 0.335 e. The Morgan fingerprint density at radius 2 is 0.700 bits per heavy atom. The number of rotatable bonds is 29. The summed E-state index contributed by atoms with van der Waals surface area (Å²) in [6.07, 6.45) is 1.14. The Morgan fingerprint density at radius 3 is 0.917 bits per heavy atom. The molecule has 0 atom stereocenters. The van der Waals surface area contributed by atoms with Crippen molar-refractivity contribution in [2.75, 3.05) is 165 Å².